The van der Waals surface area contributed by atoms with Crippen molar-refractivity contribution in [2.75, 3.05) is 64.1 Å². The van der Waals surface area contributed by atoms with Crippen LogP contribution in [-0.2, 0) is 16.0 Å². The molecule has 0 aromatic heterocycles. The average molecular weight is 518 g/mol. The van der Waals surface area contributed by atoms with Gasteiger partial charge in [0.2, 0.25) is 0 Å². The Kier molecular flexibility index (Phi) is 10.5. The Hall–Kier alpha value is -1.10. The van der Waals surface area contributed by atoms with E-state index in [0.717, 1.165) is 64.8 Å². The third kappa shape index (κ3) is 6.97. The quantitative estimate of drug-likeness (QED) is 0.278. The predicted octanol–water partition coefficient (Wildman–Crippen LogP) is 1.99. The summed E-state index contributed by atoms with van der Waals surface area (Å²) in [6.45, 7) is 9.28. The molecule has 29 heavy (non-hydrogen) atoms. The van der Waals surface area contributed by atoms with Crippen molar-refractivity contribution in [3.8, 4) is 0 Å². The van der Waals surface area contributed by atoms with E-state index in [2.05, 4.69) is 46.7 Å². The summed E-state index contributed by atoms with van der Waals surface area (Å²) in [5, 5.41) is 16.2. The van der Waals surface area contributed by atoms with Crippen molar-refractivity contribution in [3.05, 3.63) is 29.8 Å². The number of aliphatic hydroxyl groups is 1. The molecule has 3 N–H and O–H groups in total. The van der Waals surface area contributed by atoms with Crippen LogP contribution < -0.4 is 15.5 Å². The fourth-order valence-corrected chi connectivity index (χ4v) is 3.85. The van der Waals surface area contributed by atoms with Crippen LogP contribution in [0.1, 0.15) is 25.3 Å². The number of anilines is 1. The lowest BCUT2D eigenvalue weighted by atomic mass is 9.84. The summed E-state index contributed by atoms with van der Waals surface area (Å²) in [6.07, 6.45) is 1.72. The maximum Gasteiger partial charge on any atom is 0.191 e. The fourth-order valence-electron chi connectivity index (χ4n) is 3.85. The number of hydrogen-bond acceptors (Lipinski definition) is 5. The topological polar surface area (TPSA) is 78.4 Å². The first-order valence-corrected chi connectivity index (χ1v) is 10.4. The Morgan fingerprint density at radius 2 is 1.97 bits per heavy atom. The molecule has 2 heterocycles. The standard InChI is InChI=1S/C21H34N4O3.HI/c1-2-22-20(24-16-21(7-11-26)8-12-28-17-21)23-15-18-5-3-4-6-19(18)25-9-13-27-14-10-25;/h3-6,26H,2,7-17H2,1H3,(H2,22,23,24);1H. The number of nitrogens with one attached hydrogen (secondary N) is 2. The Labute approximate surface area is 191 Å². The Bertz CT molecular complexity index is 632. The molecule has 0 radical (unpaired) electrons. The molecule has 1 unspecified atom stereocenters. The Morgan fingerprint density at radius 3 is 2.66 bits per heavy atom. The minimum atomic E-state index is -0.00332. The summed E-state index contributed by atoms with van der Waals surface area (Å²) >= 11 is 0. The first-order valence-electron chi connectivity index (χ1n) is 10.4. The number of nitrogens with zero attached hydrogens (tertiary/aromatic N) is 2. The molecule has 2 aliphatic rings. The fraction of sp³-hybridized carbons (Fsp3) is 0.667. The first kappa shape index (κ1) is 24.2. The van der Waals surface area contributed by atoms with Crippen LogP contribution in [0.5, 0.6) is 0 Å². The molecule has 0 spiro atoms. The van der Waals surface area contributed by atoms with Gasteiger partial charge in [-0.2, -0.15) is 0 Å². The molecule has 0 amide bonds. The maximum absolute atomic E-state index is 9.42. The van der Waals surface area contributed by atoms with Gasteiger partial charge in [-0.1, -0.05) is 18.2 Å². The van der Waals surface area contributed by atoms with Gasteiger partial charge < -0.3 is 30.1 Å². The third-order valence-corrected chi connectivity index (χ3v) is 5.55. The Morgan fingerprint density at radius 1 is 1.17 bits per heavy atom. The van der Waals surface area contributed by atoms with Gasteiger partial charge in [0.25, 0.3) is 0 Å². The number of guanidine groups is 1. The van der Waals surface area contributed by atoms with Crippen LogP contribution in [0.2, 0.25) is 0 Å². The number of hydrogen-bond donors (Lipinski definition) is 3. The summed E-state index contributed by atoms with van der Waals surface area (Å²) in [4.78, 5) is 7.20. The van der Waals surface area contributed by atoms with Crippen LogP contribution in [-0.4, -0.2) is 70.3 Å². The van der Waals surface area contributed by atoms with Gasteiger partial charge >= 0.3 is 0 Å². The summed E-state index contributed by atoms with van der Waals surface area (Å²) in [5.74, 6) is 0.809. The SMILES string of the molecule is CCNC(=NCc1ccccc1N1CCOCC1)NCC1(CCO)CCOC1.I. The van der Waals surface area contributed by atoms with Crippen molar-refractivity contribution >= 4 is 35.6 Å². The molecular weight excluding hydrogens is 483 g/mol. The zero-order valence-corrected chi connectivity index (χ0v) is 19.7. The smallest absolute Gasteiger partial charge is 0.191 e. The van der Waals surface area contributed by atoms with E-state index in [9.17, 15) is 5.11 Å². The molecule has 0 saturated carbocycles. The molecule has 8 heteroatoms. The number of aliphatic imine (C=N–C) groups is 1. The number of para-hydroxylation sites is 1. The van der Waals surface area contributed by atoms with Gasteiger partial charge in [0.1, 0.15) is 0 Å². The molecule has 3 rings (SSSR count). The van der Waals surface area contributed by atoms with Crippen molar-refractivity contribution in [2.45, 2.75) is 26.3 Å². The molecule has 1 aromatic rings. The molecular formula is C21H35IN4O3. The number of halogens is 1. The molecule has 2 aliphatic heterocycles. The van der Waals surface area contributed by atoms with E-state index in [1.165, 1.54) is 11.3 Å². The van der Waals surface area contributed by atoms with Crippen molar-refractivity contribution in [3.63, 3.8) is 0 Å². The highest BCUT2D eigenvalue weighted by atomic mass is 127. The summed E-state index contributed by atoms with van der Waals surface area (Å²) in [7, 11) is 0. The third-order valence-electron chi connectivity index (χ3n) is 5.55. The first-order chi connectivity index (χ1) is 13.8. The van der Waals surface area contributed by atoms with E-state index in [1.54, 1.807) is 0 Å². The van der Waals surface area contributed by atoms with Crippen LogP contribution in [0.15, 0.2) is 29.3 Å². The number of benzene rings is 1. The zero-order chi connectivity index (χ0) is 19.7. The number of aliphatic hydroxyl groups excluding tert-OH is 1. The summed E-state index contributed by atoms with van der Waals surface area (Å²) in [5.41, 5.74) is 2.46. The van der Waals surface area contributed by atoms with E-state index in [1.807, 2.05) is 0 Å². The van der Waals surface area contributed by atoms with Crippen LogP contribution in [0.3, 0.4) is 0 Å². The molecule has 0 aliphatic carbocycles. The Balaban J connectivity index is 0.00000300. The minimum Gasteiger partial charge on any atom is -0.396 e. The monoisotopic (exact) mass is 518 g/mol. The van der Waals surface area contributed by atoms with Crippen molar-refractivity contribution in [2.24, 2.45) is 10.4 Å². The molecule has 1 atom stereocenters. The molecule has 2 fully saturated rings. The molecule has 0 bridgehead atoms. The van der Waals surface area contributed by atoms with Gasteiger partial charge in [-0.15, -0.1) is 24.0 Å². The lowest BCUT2D eigenvalue weighted by molar-refractivity contribution is 0.122. The van der Waals surface area contributed by atoms with Gasteiger partial charge in [-0.3, -0.25) is 0 Å². The normalized spacial score (nSPS) is 22.3. The molecule has 7 nitrogen and oxygen atoms in total. The average Bonchev–Trinajstić information content (AvgIpc) is 3.20. The van der Waals surface area contributed by atoms with Crippen LogP contribution in [0.25, 0.3) is 0 Å². The molecule has 2 saturated heterocycles. The van der Waals surface area contributed by atoms with E-state index < -0.39 is 0 Å². The number of morpholine rings is 1. The predicted molar refractivity (Wildman–Crippen MR) is 127 cm³/mol. The van der Waals surface area contributed by atoms with Crippen molar-refractivity contribution in [1.82, 2.24) is 10.6 Å². The second-order valence-corrected chi connectivity index (χ2v) is 7.55. The number of rotatable bonds is 8. The van der Waals surface area contributed by atoms with Crippen LogP contribution >= 0.6 is 24.0 Å². The van der Waals surface area contributed by atoms with Gasteiger partial charge in [0.05, 0.1) is 26.4 Å². The highest BCUT2D eigenvalue weighted by molar-refractivity contribution is 14.0. The highest BCUT2D eigenvalue weighted by Gasteiger charge is 2.34. The lowest BCUT2D eigenvalue weighted by Gasteiger charge is -2.30. The molecule has 164 valence electrons. The van der Waals surface area contributed by atoms with Gasteiger partial charge in [0, 0.05) is 50.5 Å². The summed E-state index contributed by atoms with van der Waals surface area (Å²) in [6, 6.07) is 8.47. The van der Waals surface area contributed by atoms with Gasteiger partial charge in [0.15, 0.2) is 5.96 Å². The van der Waals surface area contributed by atoms with Crippen molar-refractivity contribution in [1.29, 1.82) is 0 Å². The minimum absolute atomic E-state index is 0. The van der Waals surface area contributed by atoms with E-state index in [-0.39, 0.29) is 36.0 Å². The second kappa shape index (κ2) is 12.6. The second-order valence-electron chi connectivity index (χ2n) is 7.55. The largest absolute Gasteiger partial charge is 0.396 e. The van der Waals surface area contributed by atoms with Gasteiger partial charge in [-0.05, 0) is 31.4 Å². The van der Waals surface area contributed by atoms with Crippen LogP contribution in [0.4, 0.5) is 5.69 Å². The highest BCUT2D eigenvalue weighted by Crippen LogP contribution is 2.31. The van der Waals surface area contributed by atoms with Crippen LogP contribution in [0, 0.1) is 5.41 Å². The summed E-state index contributed by atoms with van der Waals surface area (Å²) < 4.78 is 11.1. The zero-order valence-electron chi connectivity index (χ0n) is 17.4. The van der Waals surface area contributed by atoms with E-state index >= 15 is 0 Å². The van der Waals surface area contributed by atoms with E-state index in [4.69, 9.17) is 14.5 Å². The maximum atomic E-state index is 9.42. The number of ether oxygens (including phenoxy) is 2. The van der Waals surface area contributed by atoms with E-state index in [0.29, 0.717) is 13.2 Å². The van der Waals surface area contributed by atoms with Crippen molar-refractivity contribution < 1.29 is 14.6 Å². The van der Waals surface area contributed by atoms with Gasteiger partial charge in [-0.25, -0.2) is 4.99 Å². The lowest BCUT2D eigenvalue weighted by Crippen LogP contribution is -2.44. The molecule has 1 aromatic carbocycles.